The Kier molecular flexibility index (Phi) is 7.62. The second-order valence-corrected chi connectivity index (χ2v) is 8.60. The Morgan fingerprint density at radius 3 is 2.13 bits per heavy atom. The zero-order valence-corrected chi connectivity index (χ0v) is 18.1. The fraction of sp³-hybridized carbons (Fsp3) is 0.278. The summed E-state index contributed by atoms with van der Waals surface area (Å²) >= 11 is 12.1. The number of sulfonamides is 1. The van der Waals surface area contributed by atoms with Gasteiger partial charge in [-0.25, -0.2) is 8.42 Å². The number of carbonyl (C=O) groups excluding carboxylic acids is 1. The summed E-state index contributed by atoms with van der Waals surface area (Å²) < 4.78 is 67.1. The molecular weight excluding hydrogens is 468 g/mol. The highest BCUT2D eigenvalue weighted by Crippen LogP contribution is 2.31. The Morgan fingerprint density at radius 1 is 1.07 bits per heavy atom. The average Bonchev–Trinajstić information content (AvgIpc) is 2.62. The Balaban J connectivity index is 2.32. The van der Waals surface area contributed by atoms with Crippen molar-refractivity contribution in [1.29, 1.82) is 0 Å². The fourth-order valence-corrected chi connectivity index (χ4v) is 4.83. The van der Waals surface area contributed by atoms with Gasteiger partial charge in [0.1, 0.15) is 10.6 Å². The zero-order chi connectivity index (χ0) is 22.7. The van der Waals surface area contributed by atoms with Crippen LogP contribution in [0.5, 0.6) is 5.75 Å². The molecule has 12 heteroatoms. The third-order valence-electron chi connectivity index (χ3n) is 3.94. The van der Waals surface area contributed by atoms with Gasteiger partial charge >= 0.3 is 6.36 Å². The highest BCUT2D eigenvalue weighted by Gasteiger charge is 2.31. The Hall–Kier alpha value is -2.01. The van der Waals surface area contributed by atoms with E-state index in [0.717, 1.165) is 24.3 Å². The van der Waals surface area contributed by atoms with Crippen LogP contribution in [0.2, 0.25) is 10.0 Å². The normalized spacial score (nSPS) is 12.1. The molecule has 1 N–H and O–H groups in total. The van der Waals surface area contributed by atoms with Crippen LogP contribution >= 0.6 is 23.2 Å². The van der Waals surface area contributed by atoms with Crippen LogP contribution in [0.15, 0.2) is 41.3 Å². The summed E-state index contributed by atoms with van der Waals surface area (Å²) in [5.74, 6) is -1.23. The van der Waals surface area contributed by atoms with Crippen molar-refractivity contribution in [2.75, 3.05) is 18.4 Å². The van der Waals surface area contributed by atoms with E-state index in [4.69, 9.17) is 23.2 Å². The van der Waals surface area contributed by atoms with Crippen molar-refractivity contribution in [3.63, 3.8) is 0 Å². The van der Waals surface area contributed by atoms with E-state index in [1.54, 1.807) is 13.8 Å². The van der Waals surface area contributed by atoms with E-state index in [0.29, 0.717) is 0 Å². The summed E-state index contributed by atoms with van der Waals surface area (Å²) in [5, 5.41) is 2.20. The number of hydrogen-bond donors (Lipinski definition) is 1. The van der Waals surface area contributed by atoms with Crippen molar-refractivity contribution < 1.29 is 31.1 Å². The summed E-state index contributed by atoms with van der Waals surface area (Å²) in [6.07, 6.45) is -4.84. The molecule has 0 heterocycles. The molecule has 6 nitrogen and oxygen atoms in total. The summed E-state index contributed by atoms with van der Waals surface area (Å²) in [4.78, 5) is 12.3. The van der Waals surface area contributed by atoms with Crippen LogP contribution in [0.1, 0.15) is 24.2 Å². The van der Waals surface area contributed by atoms with Crippen molar-refractivity contribution in [2.24, 2.45) is 0 Å². The summed E-state index contributed by atoms with van der Waals surface area (Å²) in [6.45, 7) is 3.71. The molecule has 0 aliphatic heterocycles. The number of ether oxygens (including phenoxy) is 1. The molecule has 2 aromatic rings. The highest BCUT2D eigenvalue weighted by atomic mass is 35.5. The third-order valence-corrected chi connectivity index (χ3v) is 6.76. The van der Waals surface area contributed by atoms with E-state index in [2.05, 4.69) is 10.1 Å². The Labute approximate surface area is 181 Å². The molecule has 0 spiro atoms. The molecule has 30 heavy (non-hydrogen) atoms. The maximum absolute atomic E-state index is 12.8. The number of nitrogens with one attached hydrogen (secondary N) is 1. The van der Waals surface area contributed by atoms with Gasteiger partial charge in [0.05, 0.1) is 15.6 Å². The fourth-order valence-electron chi connectivity index (χ4n) is 2.54. The average molecular weight is 485 g/mol. The van der Waals surface area contributed by atoms with Crippen LogP contribution in [0.4, 0.5) is 18.9 Å². The molecule has 0 aromatic heterocycles. The molecule has 0 aliphatic carbocycles. The predicted molar refractivity (Wildman–Crippen MR) is 108 cm³/mol. The number of benzene rings is 2. The topological polar surface area (TPSA) is 75.7 Å². The van der Waals surface area contributed by atoms with Gasteiger partial charge in [0.15, 0.2) is 0 Å². The third kappa shape index (κ3) is 5.78. The SMILES string of the molecule is CCN(CC)S(=O)(=O)c1cc(C(=O)Nc2ccc(OC(F)(F)F)cc2)c(Cl)cc1Cl. The maximum atomic E-state index is 12.8. The van der Waals surface area contributed by atoms with Crippen molar-refractivity contribution >= 4 is 44.8 Å². The van der Waals surface area contributed by atoms with E-state index in [1.165, 1.54) is 16.4 Å². The minimum atomic E-state index is -4.84. The van der Waals surface area contributed by atoms with Crippen LogP contribution in [0.25, 0.3) is 0 Å². The second kappa shape index (κ2) is 9.42. The molecule has 0 saturated heterocycles. The van der Waals surface area contributed by atoms with E-state index >= 15 is 0 Å². The minimum absolute atomic E-state index is 0.0898. The quantitative estimate of drug-likeness (QED) is 0.587. The molecule has 0 atom stereocenters. The number of hydrogen-bond acceptors (Lipinski definition) is 4. The number of anilines is 1. The van der Waals surface area contributed by atoms with E-state index in [1.807, 2.05) is 0 Å². The lowest BCUT2D eigenvalue weighted by Gasteiger charge is -2.20. The van der Waals surface area contributed by atoms with Crippen molar-refractivity contribution in [3.05, 3.63) is 52.0 Å². The lowest BCUT2D eigenvalue weighted by Crippen LogP contribution is -2.31. The largest absolute Gasteiger partial charge is 0.573 e. The van der Waals surface area contributed by atoms with Crippen molar-refractivity contribution in [2.45, 2.75) is 25.1 Å². The van der Waals surface area contributed by atoms with E-state index < -0.39 is 28.0 Å². The Bertz CT molecular complexity index is 1020. The summed E-state index contributed by atoms with van der Waals surface area (Å²) in [5.41, 5.74) is -0.0175. The number of amides is 1. The van der Waals surface area contributed by atoms with Crippen LogP contribution in [-0.2, 0) is 10.0 Å². The first-order valence-electron chi connectivity index (χ1n) is 8.55. The molecule has 0 radical (unpaired) electrons. The number of carbonyl (C=O) groups is 1. The second-order valence-electron chi connectivity index (χ2n) is 5.88. The van der Waals surface area contributed by atoms with Gasteiger partial charge in [-0.1, -0.05) is 37.0 Å². The van der Waals surface area contributed by atoms with Crippen LogP contribution in [0.3, 0.4) is 0 Å². The highest BCUT2D eigenvalue weighted by molar-refractivity contribution is 7.89. The molecule has 2 aromatic carbocycles. The number of rotatable bonds is 7. The van der Waals surface area contributed by atoms with Gasteiger partial charge < -0.3 is 10.1 Å². The van der Waals surface area contributed by atoms with Crippen LogP contribution in [-0.4, -0.2) is 38.1 Å². The molecule has 0 bridgehead atoms. The van der Waals surface area contributed by atoms with Gasteiger partial charge in [-0.3, -0.25) is 4.79 Å². The lowest BCUT2D eigenvalue weighted by molar-refractivity contribution is -0.274. The van der Waals surface area contributed by atoms with Crippen molar-refractivity contribution in [3.8, 4) is 5.75 Å². The van der Waals surface area contributed by atoms with Crippen LogP contribution < -0.4 is 10.1 Å². The molecule has 0 fully saturated rings. The lowest BCUT2D eigenvalue weighted by atomic mass is 10.2. The van der Waals surface area contributed by atoms with E-state index in [-0.39, 0.29) is 39.3 Å². The first-order chi connectivity index (χ1) is 13.9. The van der Waals surface area contributed by atoms with Gasteiger partial charge in [0.2, 0.25) is 10.0 Å². The first-order valence-corrected chi connectivity index (χ1v) is 10.7. The predicted octanol–water partition coefficient (Wildman–Crippen LogP) is 5.17. The van der Waals surface area contributed by atoms with Gasteiger partial charge in [0.25, 0.3) is 5.91 Å². The monoisotopic (exact) mass is 484 g/mol. The summed E-state index contributed by atoms with van der Waals surface area (Å²) in [7, 11) is -3.96. The van der Waals surface area contributed by atoms with E-state index in [9.17, 15) is 26.4 Å². The maximum Gasteiger partial charge on any atom is 0.573 e. The molecule has 1 amide bonds. The Morgan fingerprint density at radius 2 is 1.63 bits per heavy atom. The minimum Gasteiger partial charge on any atom is -0.406 e. The van der Waals surface area contributed by atoms with Crippen molar-refractivity contribution in [1.82, 2.24) is 4.31 Å². The molecule has 2 rings (SSSR count). The summed E-state index contributed by atoms with van der Waals surface area (Å²) in [6, 6.07) is 6.63. The first kappa shape index (κ1) is 24.3. The molecule has 0 aliphatic rings. The number of alkyl halides is 3. The zero-order valence-electron chi connectivity index (χ0n) is 15.8. The van der Waals surface area contributed by atoms with Gasteiger partial charge in [-0.2, -0.15) is 4.31 Å². The molecule has 0 saturated carbocycles. The van der Waals surface area contributed by atoms with Gasteiger partial charge in [0, 0.05) is 18.8 Å². The molecular formula is C18H17Cl2F3N2O4S. The smallest absolute Gasteiger partial charge is 0.406 e. The molecule has 0 unspecified atom stereocenters. The standard InChI is InChI=1S/C18H17Cl2F3N2O4S/c1-3-25(4-2)30(27,28)16-9-13(14(19)10-15(16)20)17(26)24-11-5-7-12(8-6-11)29-18(21,22)23/h5-10H,3-4H2,1-2H3,(H,24,26). The van der Waals surface area contributed by atoms with Gasteiger partial charge in [-0.05, 0) is 36.4 Å². The van der Waals surface area contributed by atoms with Gasteiger partial charge in [-0.15, -0.1) is 13.2 Å². The number of halogens is 5. The van der Waals surface area contributed by atoms with Crippen LogP contribution in [0, 0.1) is 0 Å². The number of nitrogens with zero attached hydrogens (tertiary/aromatic N) is 1. The molecule has 164 valence electrons.